The predicted octanol–water partition coefficient (Wildman–Crippen LogP) is 3.24. The zero-order chi connectivity index (χ0) is 21.1. The van der Waals surface area contributed by atoms with Gasteiger partial charge in [0.1, 0.15) is 13.2 Å². The van der Waals surface area contributed by atoms with Crippen LogP contribution in [0.15, 0.2) is 42.5 Å². The number of carbonyl (C=O) groups is 1. The molecule has 30 heavy (non-hydrogen) atoms. The van der Waals surface area contributed by atoms with Gasteiger partial charge in [-0.15, -0.1) is 0 Å². The number of amides is 1. The van der Waals surface area contributed by atoms with Gasteiger partial charge in [-0.05, 0) is 30.3 Å². The van der Waals surface area contributed by atoms with Crippen LogP contribution in [0.3, 0.4) is 0 Å². The summed E-state index contributed by atoms with van der Waals surface area (Å²) in [6.45, 7) is 3.48. The van der Waals surface area contributed by atoms with Crippen molar-refractivity contribution in [2.75, 3.05) is 56.2 Å². The number of hydrogen-bond acceptors (Lipinski definition) is 5. The Bertz CT molecular complexity index is 912. The van der Waals surface area contributed by atoms with E-state index in [-0.39, 0.29) is 12.5 Å². The van der Waals surface area contributed by atoms with Crippen molar-refractivity contribution in [2.45, 2.75) is 6.18 Å². The van der Waals surface area contributed by atoms with E-state index in [2.05, 4.69) is 5.32 Å². The van der Waals surface area contributed by atoms with Crippen LogP contribution >= 0.6 is 0 Å². The minimum absolute atomic E-state index is 0.154. The van der Waals surface area contributed by atoms with Crippen LogP contribution in [0.2, 0.25) is 0 Å². The number of fused-ring (bicyclic) bond motifs is 1. The molecule has 4 rings (SSSR count). The fourth-order valence-electron chi connectivity index (χ4n) is 3.57. The molecule has 1 saturated heterocycles. The third-order valence-corrected chi connectivity index (χ3v) is 5.10. The number of nitrogens with zero attached hydrogens (tertiary/aromatic N) is 2. The van der Waals surface area contributed by atoms with Gasteiger partial charge in [-0.25, -0.2) is 0 Å². The molecule has 0 unspecified atom stereocenters. The van der Waals surface area contributed by atoms with Gasteiger partial charge in [0.05, 0.1) is 12.1 Å². The molecular weight excluding hydrogens is 399 g/mol. The highest BCUT2D eigenvalue weighted by Gasteiger charge is 2.31. The minimum atomic E-state index is -4.36. The summed E-state index contributed by atoms with van der Waals surface area (Å²) in [4.78, 5) is 16.3. The quantitative estimate of drug-likeness (QED) is 0.822. The second-order valence-electron chi connectivity index (χ2n) is 7.22. The summed E-state index contributed by atoms with van der Waals surface area (Å²) in [5.41, 5.74) is 0.526. The fraction of sp³-hybridized carbons (Fsp3) is 0.381. The van der Waals surface area contributed by atoms with Crippen LogP contribution in [0.25, 0.3) is 0 Å². The molecule has 2 aromatic rings. The van der Waals surface area contributed by atoms with E-state index in [0.29, 0.717) is 62.3 Å². The van der Waals surface area contributed by atoms with Crippen LogP contribution in [0.5, 0.6) is 11.5 Å². The Hall–Kier alpha value is -2.94. The molecule has 6 nitrogen and oxygen atoms in total. The van der Waals surface area contributed by atoms with E-state index in [4.69, 9.17) is 9.47 Å². The number of alkyl halides is 3. The van der Waals surface area contributed by atoms with Gasteiger partial charge < -0.3 is 19.7 Å². The Morgan fingerprint density at radius 2 is 1.70 bits per heavy atom. The Kier molecular flexibility index (Phi) is 5.72. The molecule has 0 radical (unpaired) electrons. The normalized spacial score (nSPS) is 17.0. The van der Waals surface area contributed by atoms with Gasteiger partial charge in [-0.2, -0.15) is 13.2 Å². The molecule has 2 aliphatic heterocycles. The summed E-state index contributed by atoms with van der Waals surface area (Å²) in [5, 5.41) is 2.85. The topological polar surface area (TPSA) is 54.0 Å². The highest BCUT2D eigenvalue weighted by atomic mass is 19.4. The molecule has 1 N–H and O–H groups in total. The van der Waals surface area contributed by atoms with Crippen molar-refractivity contribution in [1.82, 2.24) is 4.90 Å². The maximum atomic E-state index is 12.9. The van der Waals surface area contributed by atoms with Crippen molar-refractivity contribution < 1.29 is 27.4 Å². The molecule has 0 atom stereocenters. The van der Waals surface area contributed by atoms with Gasteiger partial charge >= 0.3 is 6.18 Å². The summed E-state index contributed by atoms with van der Waals surface area (Å²) >= 11 is 0. The monoisotopic (exact) mass is 421 g/mol. The van der Waals surface area contributed by atoms with E-state index in [9.17, 15) is 18.0 Å². The lowest BCUT2D eigenvalue weighted by Crippen LogP contribution is -2.48. The molecule has 0 aliphatic carbocycles. The summed E-state index contributed by atoms with van der Waals surface area (Å²) in [5.74, 6) is 1.11. The number of rotatable bonds is 4. The number of hydrogen-bond donors (Lipinski definition) is 1. The smallest absolute Gasteiger partial charge is 0.416 e. The highest BCUT2D eigenvalue weighted by molar-refractivity contribution is 5.92. The van der Waals surface area contributed by atoms with Crippen LogP contribution in [-0.4, -0.2) is 56.7 Å². The van der Waals surface area contributed by atoms with Crippen LogP contribution in [0.1, 0.15) is 5.56 Å². The van der Waals surface area contributed by atoms with Crippen molar-refractivity contribution >= 4 is 17.3 Å². The molecule has 0 spiro atoms. The van der Waals surface area contributed by atoms with Crippen LogP contribution < -0.4 is 19.7 Å². The lowest BCUT2D eigenvalue weighted by atomic mass is 10.1. The van der Waals surface area contributed by atoms with Crippen molar-refractivity contribution in [1.29, 1.82) is 0 Å². The number of anilines is 2. The lowest BCUT2D eigenvalue weighted by molar-refractivity contribution is -0.137. The van der Waals surface area contributed by atoms with Gasteiger partial charge in [-0.3, -0.25) is 9.69 Å². The first-order valence-corrected chi connectivity index (χ1v) is 9.72. The second-order valence-corrected chi connectivity index (χ2v) is 7.22. The standard InChI is InChI=1S/C21H22F3N3O3/c22-21(23,24)15-2-1-3-17(12-15)27-8-6-26(7-9-27)14-20(28)25-16-4-5-18-19(13-16)30-11-10-29-18/h1-5,12-13H,6-11,14H2,(H,25,28). The lowest BCUT2D eigenvalue weighted by Gasteiger charge is -2.36. The summed E-state index contributed by atoms with van der Waals surface area (Å²) in [6, 6.07) is 10.6. The number of benzene rings is 2. The van der Waals surface area contributed by atoms with Gasteiger partial charge in [0.2, 0.25) is 5.91 Å². The number of halogens is 3. The van der Waals surface area contributed by atoms with Crippen LogP contribution in [-0.2, 0) is 11.0 Å². The van der Waals surface area contributed by atoms with Gasteiger partial charge in [0.25, 0.3) is 0 Å². The van der Waals surface area contributed by atoms with E-state index in [1.807, 2.05) is 9.80 Å². The molecular formula is C21H22F3N3O3. The third kappa shape index (κ3) is 4.79. The first kappa shape index (κ1) is 20.3. The first-order chi connectivity index (χ1) is 14.4. The largest absolute Gasteiger partial charge is 0.486 e. The van der Waals surface area contributed by atoms with Crippen molar-refractivity contribution in [3.05, 3.63) is 48.0 Å². The zero-order valence-corrected chi connectivity index (χ0v) is 16.2. The average Bonchev–Trinajstić information content (AvgIpc) is 2.73. The molecule has 1 fully saturated rings. The maximum Gasteiger partial charge on any atom is 0.416 e. The molecule has 160 valence electrons. The van der Waals surface area contributed by atoms with Gasteiger partial charge in [0, 0.05) is 43.6 Å². The molecule has 1 amide bonds. The molecule has 0 aromatic heterocycles. The number of ether oxygens (including phenoxy) is 2. The van der Waals surface area contributed by atoms with Crippen LogP contribution in [0, 0.1) is 0 Å². The van der Waals surface area contributed by atoms with E-state index >= 15 is 0 Å². The highest BCUT2D eigenvalue weighted by Crippen LogP contribution is 2.33. The van der Waals surface area contributed by atoms with Gasteiger partial charge in [-0.1, -0.05) is 6.07 Å². The third-order valence-electron chi connectivity index (χ3n) is 5.10. The Morgan fingerprint density at radius 1 is 0.967 bits per heavy atom. The fourth-order valence-corrected chi connectivity index (χ4v) is 3.57. The minimum Gasteiger partial charge on any atom is -0.486 e. The zero-order valence-electron chi connectivity index (χ0n) is 16.2. The number of nitrogens with one attached hydrogen (secondary N) is 1. The maximum absolute atomic E-state index is 12.9. The van der Waals surface area contributed by atoms with Crippen molar-refractivity contribution in [2.24, 2.45) is 0 Å². The second kappa shape index (κ2) is 8.43. The molecule has 0 bridgehead atoms. The summed E-state index contributed by atoms with van der Waals surface area (Å²) < 4.78 is 49.8. The molecule has 2 heterocycles. The van der Waals surface area contributed by atoms with Crippen LogP contribution in [0.4, 0.5) is 24.5 Å². The molecule has 0 saturated carbocycles. The summed E-state index contributed by atoms with van der Waals surface area (Å²) in [7, 11) is 0. The number of carbonyl (C=O) groups excluding carboxylic acids is 1. The van der Waals surface area contributed by atoms with Gasteiger partial charge in [0.15, 0.2) is 11.5 Å². The van der Waals surface area contributed by atoms with Crippen molar-refractivity contribution in [3.63, 3.8) is 0 Å². The SMILES string of the molecule is O=C(CN1CCN(c2cccc(C(F)(F)F)c2)CC1)Nc1ccc2c(c1)OCCO2. The number of piperazine rings is 1. The Morgan fingerprint density at radius 3 is 2.43 bits per heavy atom. The first-order valence-electron chi connectivity index (χ1n) is 9.72. The Labute approximate surface area is 172 Å². The summed E-state index contributed by atoms with van der Waals surface area (Å²) in [6.07, 6.45) is -4.36. The molecule has 2 aliphatic rings. The molecule has 9 heteroatoms. The molecule has 2 aromatic carbocycles. The van der Waals surface area contributed by atoms with E-state index in [1.54, 1.807) is 24.3 Å². The van der Waals surface area contributed by atoms with E-state index in [1.165, 1.54) is 12.1 Å². The van der Waals surface area contributed by atoms with E-state index in [0.717, 1.165) is 6.07 Å². The predicted molar refractivity (Wildman–Crippen MR) is 106 cm³/mol. The van der Waals surface area contributed by atoms with E-state index < -0.39 is 11.7 Å². The average molecular weight is 421 g/mol. The Balaban J connectivity index is 1.29. The van der Waals surface area contributed by atoms with Crippen molar-refractivity contribution in [3.8, 4) is 11.5 Å².